The van der Waals surface area contributed by atoms with Gasteiger partial charge >= 0.3 is 0 Å². The lowest BCUT2D eigenvalue weighted by Crippen LogP contribution is -2.54. The number of carbonyl (C=O) groups is 1. The highest BCUT2D eigenvalue weighted by Gasteiger charge is 2.31. The summed E-state index contributed by atoms with van der Waals surface area (Å²) in [5.74, 6) is -0.0575. The highest BCUT2D eigenvalue weighted by Crippen LogP contribution is 2.23. The fourth-order valence-electron chi connectivity index (χ4n) is 3.48. The Morgan fingerprint density at radius 1 is 1.37 bits per heavy atom. The molecule has 5 heteroatoms. The molecular weight excluding hydrogens is 242 g/mol. The lowest BCUT2D eigenvalue weighted by atomic mass is 9.89. The van der Waals surface area contributed by atoms with Gasteiger partial charge < -0.3 is 16.2 Å². The molecule has 2 fully saturated rings. The number of nitrogens with two attached hydrogens (primary N) is 1. The minimum Gasteiger partial charge on any atom is -0.393 e. The second-order valence-electron chi connectivity index (χ2n) is 6.24. The molecule has 4 N–H and O–H groups in total. The number of carbonyl (C=O) groups excluding carboxylic acids is 1. The van der Waals surface area contributed by atoms with E-state index in [1.165, 1.54) is 25.7 Å². The molecule has 2 rings (SSSR count). The highest BCUT2D eigenvalue weighted by molar-refractivity contribution is 5.75. The number of nitrogens with one attached hydrogen (secondary N) is 1. The predicted octanol–water partition coefficient (Wildman–Crippen LogP) is 0.0752. The first-order chi connectivity index (χ1) is 9.04. The highest BCUT2D eigenvalue weighted by atomic mass is 16.3. The average molecular weight is 269 g/mol. The van der Waals surface area contributed by atoms with Gasteiger partial charge in [0.1, 0.15) is 0 Å². The van der Waals surface area contributed by atoms with E-state index in [9.17, 15) is 9.90 Å². The largest absolute Gasteiger partial charge is 0.393 e. The van der Waals surface area contributed by atoms with Crippen LogP contribution in [0.5, 0.6) is 0 Å². The monoisotopic (exact) mass is 269 g/mol. The molecule has 0 aromatic carbocycles. The van der Waals surface area contributed by atoms with E-state index in [0.717, 1.165) is 19.5 Å². The van der Waals surface area contributed by atoms with Gasteiger partial charge in [-0.05, 0) is 32.1 Å². The van der Waals surface area contributed by atoms with Crippen LogP contribution < -0.4 is 11.1 Å². The number of rotatable bonds is 5. The van der Waals surface area contributed by atoms with E-state index in [2.05, 4.69) is 10.2 Å². The fourth-order valence-corrected chi connectivity index (χ4v) is 3.48. The van der Waals surface area contributed by atoms with Gasteiger partial charge in [-0.2, -0.15) is 0 Å². The van der Waals surface area contributed by atoms with Crippen molar-refractivity contribution in [1.29, 1.82) is 0 Å². The average Bonchev–Trinajstić information content (AvgIpc) is 2.80. The molecule has 1 aliphatic heterocycles. The van der Waals surface area contributed by atoms with E-state index in [-0.39, 0.29) is 17.9 Å². The molecule has 3 unspecified atom stereocenters. The molecule has 0 aromatic rings. The first kappa shape index (κ1) is 14.8. The maximum Gasteiger partial charge on any atom is 0.231 e. The first-order valence-electron chi connectivity index (χ1n) is 7.49. The van der Waals surface area contributed by atoms with Crippen molar-refractivity contribution in [3.63, 3.8) is 0 Å². The summed E-state index contributed by atoms with van der Waals surface area (Å²) in [7, 11) is 0. The molecule has 1 saturated carbocycles. The molecule has 1 heterocycles. The van der Waals surface area contributed by atoms with Crippen molar-refractivity contribution in [2.24, 2.45) is 11.7 Å². The Balaban J connectivity index is 1.91. The number of piperidine rings is 1. The Hall–Kier alpha value is -0.650. The molecule has 1 aliphatic carbocycles. The van der Waals surface area contributed by atoms with Crippen LogP contribution in [0.3, 0.4) is 0 Å². The number of primary amides is 1. The normalized spacial score (nSPS) is 31.5. The summed E-state index contributed by atoms with van der Waals surface area (Å²) in [6.07, 6.45) is 5.80. The van der Waals surface area contributed by atoms with Crippen molar-refractivity contribution < 1.29 is 9.90 Å². The van der Waals surface area contributed by atoms with Gasteiger partial charge in [-0.15, -0.1) is 0 Å². The van der Waals surface area contributed by atoms with E-state index in [1.54, 1.807) is 0 Å². The maximum absolute atomic E-state index is 11.1. The molecule has 3 atom stereocenters. The van der Waals surface area contributed by atoms with Crippen LogP contribution in [0.15, 0.2) is 0 Å². The van der Waals surface area contributed by atoms with Crippen LogP contribution in [0.2, 0.25) is 0 Å². The zero-order chi connectivity index (χ0) is 13.8. The smallest absolute Gasteiger partial charge is 0.231 e. The summed E-state index contributed by atoms with van der Waals surface area (Å²) in [5, 5.41) is 13.5. The van der Waals surface area contributed by atoms with Crippen LogP contribution in [0.4, 0.5) is 0 Å². The van der Waals surface area contributed by atoms with Crippen molar-refractivity contribution in [1.82, 2.24) is 10.2 Å². The summed E-state index contributed by atoms with van der Waals surface area (Å²) in [6.45, 7) is 3.77. The zero-order valence-corrected chi connectivity index (χ0v) is 11.8. The Labute approximate surface area is 115 Å². The van der Waals surface area contributed by atoms with Crippen molar-refractivity contribution in [3.05, 3.63) is 0 Å². The SMILES string of the molecule is CC(O)C1CC(NC2CCCC2)CN(CC(N)=O)C1. The molecule has 2 aliphatic rings. The van der Waals surface area contributed by atoms with Crippen molar-refractivity contribution in [2.75, 3.05) is 19.6 Å². The number of hydrogen-bond donors (Lipinski definition) is 3. The minimum atomic E-state index is -0.330. The summed E-state index contributed by atoms with van der Waals surface area (Å²) < 4.78 is 0. The van der Waals surface area contributed by atoms with Gasteiger partial charge in [0, 0.05) is 25.2 Å². The van der Waals surface area contributed by atoms with E-state index in [4.69, 9.17) is 5.73 Å². The second kappa shape index (κ2) is 6.68. The van der Waals surface area contributed by atoms with E-state index >= 15 is 0 Å². The molecule has 0 bridgehead atoms. The number of likely N-dealkylation sites (tertiary alicyclic amines) is 1. The van der Waals surface area contributed by atoms with Crippen molar-refractivity contribution >= 4 is 5.91 Å². The lowest BCUT2D eigenvalue weighted by molar-refractivity contribution is -0.120. The Morgan fingerprint density at radius 2 is 2.05 bits per heavy atom. The number of nitrogens with zero attached hydrogens (tertiary/aromatic N) is 1. The lowest BCUT2D eigenvalue weighted by Gasteiger charge is -2.39. The van der Waals surface area contributed by atoms with Gasteiger partial charge in [-0.1, -0.05) is 12.8 Å². The Kier molecular flexibility index (Phi) is 5.19. The molecule has 0 spiro atoms. The molecule has 1 amide bonds. The van der Waals surface area contributed by atoms with E-state index < -0.39 is 0 Å². The summed E-state index contributed by atoms with van der Waals surface area (Å²) in [5.41, 5.74) is 5.29. The number of amides is 1. The van der Waals surface area contributed by atoms with Crippen LogP contribution in [0, 0.1) is 5.92 Å². The number of aliphatic hydroxyl groups excluding tert-OH is 1. The minimum absolute atomic E-state index is 0.229. The third-order valence-corrected chi connectivity index (χ3v) is 4.45. The van der Waals surface area contributed by atoms with Crippen molar-refractivity contribution in [3.8, 4) is 0 Å². The third-order valence-electron chi connectivity index (χ3n) is 4.45. The molecule has 110 valence electrons. The van der Waals surface area contributed by atoms with Gasteiger partial charge in [-0.3, -0.25) is 9.69 Å². The quantitative estimate of drug-likeness (QED) is 0.660. The van der Waals surface area contributed by atoms with E-state index in [1.807, 2.05) is 6.92 Å². The third kappa shape index (κ3) is 4.44. The Morgan fingerprint density at radius 3 is 2.63 bits per heavy atom. The molecule has 1 saturated heterocycles. The van der Waals surface area contributed by atoms with Crippen molar-refractivity contribution in [2.45, 2.75) is 57.2 Å². The topological polar surface area (TPSA) is 78.6 Å². The molecule has 19 heavy (non-hydrogen) atoms. The van der Waals surface area contributed by atoms with Gasteiger partial charge in [0.15, 0.2) is 0 Å². The number of hydrogen-bond acceptors (Lipinski definition) is 4. The van der Waals surface area contributed by atoms with Crippen LogP contribution in [-0.2, 0) is 4.79 Å². The summed E-state index contributed by atoms with van der Waals surface area (Å²) >= 11 is 0. The molecule has 0 aromatic heterocycles. The predicted molar refractivity (Wildman–Crippen MR) is 74.6 cm³/mol. The standard InChI is InChI=1S/C14H27N3O2/c1-10(18)11-6-13(16-12-4-2-3-5-12)8-17(7-11)9-14(15)19/h10-13,16,18H,2-9H2,1H3,(H2,15,19). The summed E-state index contributed by atoms with van der Waals surface area (Å²) in [6, 6.07) is 0.990. The fraction of sp³-hybridized carbons (Fsp3) is 0.929. The van der Waals surface area contributed by atoms with Gasteiger partial charge in [0.25, 0.3) is 0 Å². The molecular formula is C14H27N3O2. The van der Waals surface area contributed by atoms with Crippen LogP contribution in [0.25, 0.3) is 0 Å². The molecule has 0 radical (unpaired) electrons. The van der Waals surface area contributed by atoms with Crippen LogP contribution in [0.1, 0.15) is 39.0 Å². The number of aliphatic hydroxyl groups is 1. The van der Waals surface area contributed by atoms with Gasteiger partial charge in [0.2, 0.25) is 5.91 Å². The van der Waals surface area contributed by atoms with Crippen LogP contribution >= 0.6 is 0 Å². The van der Waals surface area contributed by atoms with E-state index in [0.29, 0.717) is 18.6 Å². The Bertz CT molecular complexity index is 301. The van der Waals surface area contributed by atoms with Crippen LogP contribution in [-0.4, -0.2) is 53.7 Å². The zero-order valence-electron chi connectivity index (χ0n) is 11.8. The maximum atomic E-state index is 11.1. The summed E-state index contributed by atoms with van der Waals surface area (Å²) in [4.78, 5) is 13.2. The second-order valence-corrected chi connectivity index (χ2v) is 6.24. The van der Waals surface area contributed by atoms with Gasteiger partial charge in [0.05, 0.1) is 12.6 Å². The molecule has 5 nitrogen and oxygen atoms in total. The van der Waals surface area contributed by atoms with Gasteiger partial charge in [-0.25, -0.2) is 0 Å². The first-order valence-corrected chi connectivity index (χ1v) is 7.49.